The van der Waals surface area contributed by atoms with Gasteiger partial charge in [0.2, 0.25) is 11.2 Å². The molecule has 1 aliphatic carbocycles. The molecule has 2 aromatic heterocycles. The van der Waals surface area contributed by atoms with Crippen LogP contribution < -0.4 is 10.6 Å². The van der Waals surface area contributed by atoms with Crippen molar-refractivity contribution in [3.8, 4) is 0 Å². The topological polar surface area (TPSA) is 84.7 Å². The second-order valence-electron chi connectivity index (χ2n) is 7.29. The highest BCUT2D eigenvalue weighted by molar-refractivity contribution is 6.28. The lowest BCUT2D eigenvalue weighted by Gasteiger charge is -2.13. The Hall–Kier alpha value is -2.67. The number of rotatable bonds is 5. The number of halogens is 1. The van der Waals surface area contributed by atoms with Crippen molar-refractivity contribution < 1.29 is 4.79 Å². The van der Waals surface area contributed by atoms with Crippen LogP contribution in [0.2, 0.25) is 5.28 Å². The number of benzene rings is 1. The fourth-order valence-corrected chi connectivity index (χ4v) is 4.11. The molecule has 2 N–H and O–H groups in total. The van der Waals surface area contributed by atoms with Crippen LogP contribution in [0.25, 0.3) is 11.2 Å². The Morgan fingerprint density at radius 2 is 2.18 bits per heavy atom. The van der Waals surface area contributed by atoms with E-state index in [1.165, 1.54) is 5.56 Å². The maximum Gasteiger partial charge on any atom is 0.226 e. The summed E-state index contributed by atoms with van der Waals surface area (Å²) in [5, 5.41) is 6.26. The molecule has 2 unspecified atom stereocenters. The quantitative estimate of drug-likeness (QED) is 0.642. The van der Waals surface area contributed by atoms with E-state index in [0.29, 0.717) is 23.5 Å². The number of hydrogen-bond donors (Lipinski definition) is 2. The van der Waals surface area contributed by atoms with Crippen molar-refractivity contribution in [1.29, 1.82) is 0 Å². The van der Waals surface area contributed by atoms with Gasteiger partial charge in [0.05, 0.1) is 6.33 Å². The first-order chi connectivity index (χ1) is 13.5. The summed E-state index contributed by atoms with van der Waals surface area (Å²) in [6, 6.07) is 8.48. The monoisotopic (exact) mass is 398 g/mol. The number of carbonyl (C=O) groups is 1. The number of fused-ring (bicyclic) bond motifs is 1. The molecular formula is C20H23ClN6O. The Bertz CT molecular complexity index is 1020. The predicted octanol–water partition coefficient (Wildman–Crippen LogP) is 3.49. The van der Waals surface area contributed by atoms with Gasteiger partial charge < -0.3 is 15.2 Å². The van der Waals surface area contributed by atoms with E-state index in [0.717, 1.165) is 24.8 Å². The molecule has 2 heterocycles. The first-order valence-electron chi connectivity index (χ1n) is 9.46. The summed E-state index contributed by atoms with van der Waals surface area (Å²) >= 11 is 6.20. The van der Waals surface area contributed by atoms with Crippen LogP contribution in [0, 0.1) is 12.8 Å². The van der Waals surface area contributed by atoms with Gasteiger partial charge in [0.15, 0.2) is 17.0 Å². The van der Waals surface area contributed by atoms with Crippen molar-refractivity contribution in [2.45, 2.75) is 38.8 Å². The molecule has 3 aromatic rings. The van der Waals surface area contributed by atoms with E-state index in [1.807, 2.05) is 10.6 Å². The van der Waals surface area contributed by atoms with Crippen LogP contribution in [0.4, 0.5) is 5.82 Å². The Balaban J connectivity index is 1.59. The maximum atomic E-state index is 12.0. The van der Waals surface area contributed by atoms with Crippen LogP contribution in [0.3, 0.4) is 0 Å². The summed E-state index contributed by atoms with van der Waals surface area (Å²) in [5.41, 5.74) is 3.77. The predicted molar refractivity (Wildman–Crippen MR) is 109 cm³/mol. The average Bonchev–Trinajstić information content (AvgIpc) is 3.32. The Labute approximate surface area is 168 Å². The zero-order chi connectivity index (χ0) is 19.7. The van der Waals surface area contributed by atoms with Gasteiger partial charge in [-0.05, 0) is 43.4 Å². The van der Waals surface area contributed by atoms with Gasteiger partial charge in [-0.1, -0.05) is 29.8 Å². The molecule has 1 amide bonds. The second kappa shape index (κ2) is 7.75. The zero-order valence-electron chi connectivity index (χ0n) is 15.9. The van der Waals surface area contributed by atoms with Crippen LogP contribution in [0.5, 0.6) is 0 Å². The zero-order valence-corrected chi connectivity index (χ0v) is 16.7. The first kappa shape index (κ1) is 18.7. The Morgan fingerprint density at radius 1 is 1.32 bits per heavy atom. The van der Waals surface area contributed by atoms with Gasteiger partial charge in [-0.3, -0.25) is 4.79 Å². The molecule has 2 atom stereocenters. The second-order valence-corrected chi connectivity index (χ2v) is 7.62. The lowest BCUT2D eigenvalue weighted by molar-refractivity contribution is -0.124. The number of nitrogens with zero attached hydrogens (tertiary/aromatic N) is 4. The summed E-state index contributed by atoms with van der Waals surface area (Å²) in [4.78, 5) is 25.2. The molecule has 1 aliphatic rings. The SMILES string of the molecule is CNC(=O)C1CCC(n2cnc3c(NCc4cccc(C)c4)nc(Cl)nc32)C1. The van der Waals surface area contributed by atoms with Crippen molar-refractivity contribution in [3.05, 3.63) is 47.0 Å². The van der Waals surface area contributed by atoms with Crippen molar-refractivity contribution >= 4 is 34.5 Å². The summed E-state index contributed by atoms with van der Waals surface area (Å²) in [7, 11) is 1.68. The van der Waals surface area contributed by atoms with Gasteiger partial charge in [0.1, 0.15) is 0 Å². The largest absolute Gasteiger partial charge is 0.364 e. The molecule has 8 heteroatoms. The van der Waals surface area contributed by atoms with E-state index in [1.54, 1.807) is 13.4 Å². The Morgan fingerprint density at radius 3 is 2.96 bits per heavy atom. The van der Waals surface area contributed by atoms with Gasteiger partial charge in [0.25, 0.3) is 0 Å². The van der Waals surface area contributed by atoms with Gasteiger partial charge in [0, 0.05) is 25.6 Å². The molecule has 7 nitrogen and oxygen atoms in total. The Kier molecular flexibility index (Phi) is 5.17. The lowest BCUT2D eigenvalue weighted by Crippen LogP contribution is -2.25. The van der Waals surface area contributed by atoms with E-state index in [4.69, 9.17) is 11.6 Å². The molecule has 0 radical (unpaired) electrons. The summed E-state index contributed by atoms with van der Waals surface area (Å²) < 4.78 is 2.03. The smallest absolute Gasteiger partial charge is 0.226 e. The highest BCUT2D eigenvalue weighted by Crippen LogP contribution is 2.37. The van der Waals surface area contributed by atoms with Crippen LogP contribution in [0.15, 0.2) is 30.6 Å². The standard InChI is InChI=1S/C20H23ClN6O/c1-12-4-3-5-13(8-12)10-23-17-16-18(26-20(21)25-17)27(11-24-16)15-7-6-14(9-15)19(28)22-2/h3-5,8,11,14-15H,6-7,9-10H2,1-2H3,(H,22,28)(H,23,25,26). The van der Waals surface area contributed by atoms with Crippen LogP contribution in [-0.2, 0) is 11.3 Å². The fourth-order valence-electron chi connectivity index (χ4n) is 3.94. The summed E-state index contributed by atoms with van der Waals surface area (Å²) in [5.74, 6) is 0.750. The minimum Gasteiger partial charge on any atom is -0.364 e. The van der Waals surface area contributed by atoms with E-state index in [-0.39, 0.29) is 23.2 Å². The minimum atomic E-state index is 0.0312. The molecule has 0 spiro atoms. The normalized spacial score (nSPS) is 19.1. The summed E-state index contributed by atoms with van der Waals surface area (Å²) in [6.45, 7) is 2.69. The van der Waals surface area contributed by atoms with Crippen molar-refractivity contribution in [1.82, 2.24) is 24.8 Å². The molecule has 1 aromatic carbocycles. The van der Waals surface area contributed by atoms with E-state index in [2.05, 4.69) is 50.7 Å². The third kappa shape index (κ3) is 3.67. The van der Waals surface area contributed by atoms with E-state index < -0.39 is 0 Å². The van der Waals surface area contributed by atoms with Crippen molar-refractivity contribution in [2.24, 2.45) is 5.92 Å². The molecule has 0 bridgehead atoms. The van der Waals surface area contributed by atoms with Gasteiger partial charge in [-0.15, -0.1) is 0 Å². The third-order valence-corrected chi connectivity index (χ3v) is 5.52. The lowest BCUT2D eigenvalue weighted by atomic mass is 10.1. The van der Waals surface area contributed by atoms with Crippen LogP contribution in [0.1, 0.15) is 36.4 Å². The van der Waals surface area contributed by atoms with Gasteiger partial charge >= 0.3 is 0 Å². The van der Waals surface area contributed by atoms with Crippen LogP contribution in [-0.4, -0.2) is 32.5 Å². The summed E-state index contributed by atoms with van der Waals surface area (Å²) in [6.07, 6.45) is 4.34. The number of aromatic nitrogens is 4. The maximum absolute atomic E-state index is 12.0. The van der Waals surface area contributed by atoms with Crippen LogP contribution >= 0.6 is 11.6 Å². The molecule has 0 aliphatic heterocycles. The minimum absolute atomic E-state index is 0.0312. The highest BCUT2D eigenvalue weighted by atomic mass is 35.5. The van der Waals surface area contributed by atoms with Gasteiger partial charge in [-0.25, -0.2) is 4.98 Å². The number of imidazole rings is 1. The number of aryl methyl sites for hydroxylation is 1. The van der Waals surface area contributed by atoms with Crippen molar-refractivity contribution in [3.63, 3.8) is 0 Å². The molecule has 146 valence electrons. The first-order valence-corrected chi connectivity index (χ1v) is 9.84. The van der Waals surface area contributed by atoms with Crippen molar-refractivity contribution in [2.75, 3.05) is 12.4 Å². The van der Waals surface area contributed by atoms with Gasteiger partial charge in [-0.2, -0.15) is 9.97 Å². The number of hydrogen-bond acceptors (Lipinski definition) is 5. The number of carbonyl (C=O) groups excluding carboxylic acids is 1. The number of anilines is 1. The molecule has 1 saturated carbocycles. The third-order valence-electron chi connectivity index (χ3n) is 5.35. The van der Waals surface area contributed by atoms with E-state index in [9.17, 15) is 4.79 Å². The van der Waals surface area contributed by atoms with E-state index >= 15 is 0 Å². The fraction of sp³-hybridized carbons (Fsp3) is 0.400. The molecule has 0 saturated heterocycles. The molecular weight excluding hydrogens is 376 g/mol. The average molecular weight is 399 g/mol. The molecule has 4 rings (SSSR count). The number of nitrogens with one attached hydrogen (secondary N) is 2. The molecule has 1 fully saturated rings. The molecule has 28 heavy (non-hydrogen) atoms. The number of amides is 1. The highest BCUT2D eigenvalue weighted by Gasteiger charge is 2.31.